The summed E-state index contributed by atoms with van der Waals surface area (Å²) in [6.07, 6.45) is 0. The molecule has 1 amide bonds. The highest BCUT2D eigenvalue weighted by Gasteiger charge is 2.47. The van der Waals surface area contributed by atoms with E-state index in [1.54, 1.807) is 19.1 Å². The third-order valence-electron chi connectivity index (χ3n) is 5.57. The smallest absolute Gasteiger partial charge is 0.296 e. The summed E-state index contributed by atoms with van der Waals surface area (Å²) in [7, 11) is 2.79. The number of likely N-dealkylation sites (tertiary alicyclic amines) is 1. The number of methoxy groups -OCH3 is 2. The van der Waals surface area contributed by atoms with Gasteiger partial charge in [-0.2, -0.15) is 0 Å². The second-order valence-corrected chi connectivity index (χ2v) is 8.10. The van der Waals surface area contributed by atoms with E-state index in [-0.39, 0.29) is 34.2 Å². The molecule has 1 saturated heterocycles. The van der Waals surface area contributed by atoms with Gasteiger partial charge in [0, 0.05) is 12.6 Å². The molecule has 1 N–H and O–H groups in total. The SMILES string of the molecule is COc1cc(/C(O)=C2\C(=O)C(=O)N(Cc3ccc(F)cc3)C2c2ccc(C)o2)c(OC)cc1Cl. The first-order chi connectivity index (χ1) is 16.2. The Hall–Kier alpha value is -3.78. The highest BCUT2D eigenvalue weighted by molar-refractivity contribution is 6.46. The number of rotatable bonds is 6. The number of ether oxygens (including phenoxy) is 2. The van der Waals surface area contributed by atoms with Crippen molar-refractivity contribution in [3.8, 4) is 11.5 Å². The van der Waals surface area contributed by atoms with Crippen molar-refractivity contribution >= 4 is 29.1 Å². The summed E-state index contributed by atoms with van der Waals surface area (Å²) < 4.78 is 29.7. The van der Waals surface area contributed by atoms with Gasteiger partial charge >= 0.3 is 0 Å². The zero-order valence-corrected chi connectivity index (χ0v) is 19.4. The van der Waals surface area contributed by atoms with Crippen LogP contribution < -0.4 is 9.47 Å². The molecule has 34 heavy (non-hydrogen) atoms. The lowest BCUT2D eigenvalue weighted by Gasteiger charge is -2.23. The zero-order chi connectivity index (χ0) is 24.6. The Morgan fingerprint density at radius 3 is 2.35 bits per heavy atom. The Kier molecular flexibility index (Phi) is 6.34. The molecule has 7 nitrogen and oxygen atoms in total. The summed E-state index contributed by atoms with van der Waals surface area (Å²) in [5.74, 6) is -1.33. The molecule has 9 heteroatoms. The fraction of sp³-hybridized carbons (Fsp3) is 0.200. The molecule has 0 spiro atoms. The first-order valence-electron chi connectivity index (χ1n) is 10.3. The molecule has 0 radical (unpaired) electrons. The Bertz CT molecular complexity index is 1300. The van der Waals surface area contributed by atoms with Gasteiger partial charge in [-0.15, -0.1) is 0 Å². The summed E-state index contributed by atoms with van der Waals surface area (Å²) in [6, 6.07) is 10.7. The number of ketones is 1. The molecule has 176 valence electrons. The first-order valence-corrected chi connectivity index (χ1v) is 10.6. The maximum Gasteiger partial charge on any atom is 0.296 e. The lowest BCUT2D eigenvalue weighted by atomic mass is 9.98. The minimum absolute atomic E-state index is 0.00682. The van der Waals surface area contributed by atoms with Crippen LogP contribution in [0.15, 0.2) is 58.5 Å². The Balaban J connectivity index is 1.90. The predicted octanol–water partition coefficient (Wildman–Crippen LogP) is 5.02. The third kappa shape index (κ3) is 4.12. The van der Waals surface area contributed by atoms with Crippen molar-refractivity contribution in [3.63, 3.8) is 0 Å². The van der Waals surface area contributed by atoms with Crippen LogP contribution in [-0.2, 0) is 16.1 Å². The summed E-state index contributed by atoms with van der Waals surface area (Å²) in [4.78, 5) is 27.5. The number of aliphatic hydroxyl groups excluding tert-OH is 1. The molecule has 0 aliphatic carbocycles. The minimum Gasteiger partial charge on any atom is -0.507 e. The number of aliphatic hydroxyl groups is 1. The fourth-order valence-corrected chi connectivity index (χ4v) is 4.15. The van der Waals surface area contributed by atoms with Gasteiger partial charge in [-0.05, 0) is 42.8 Å². The quantitative estimate of drug-likeness (QED) is 0.299. The molecule has 1 aliphatic rings. The van der Waals surface area contributed by atoms with Gasteiger partial charge < -0.3 is 23.9 Å². The van der Waals surface area contributed by atoms with Gasteiger partial charge in [0.15, 0.2) is 0 Å². The first kappa shape index (κ1) is 23.4. The molecule has 3 aromatic rings. The van der Waals surface area contributed by atoms with E-state index in [4.69, 9.17) is 25.5 Å². The van der Waals surface area contributed by atoms with E-state index in [2.05, 4.69) is 0 Å². The molecule has 1 unspecified atom stereocenters. The molecular weight excluding hydrogens is 465 g/mol. The van der Waals surface area contributed by atoms with E-state index in [1.807, 2.05) is 0 Å². The topological polar surface area (TPSA) is 89.2 Å². The van der Waals surface area contributed by atoms with Crippen LogP contribution in [0.5, 0.6) is 11.5 Å². The van der Waals surface area contributed by atoms with Gasteiger partial charge in [0.1, 0.15) is 40.6 Å². The summed E-state index contributed by atoms with van der Waals surface area (Å²) >= 11 is 6.17. The number of furan rings is 1. The summed E-state index contributed by atoms with van der Waals surface area (Å²) in [5, 5.41) is 11.5. The number of aryl methyl sites for hydroxylation is 1. The van der Waals surface area contributed by atoms with Crippen molar-refractivity contribution in [1.82, 2.24) is 4.90 Å². The molecule has 0 saturated carbocycles. The lowest BCUT2D eigenvalue weighted by molar-refractivity contribution is -0.140. The van der Waals surface area contributed by atoms with Crippen molar-refractivity contribution in [1.29, 1.82) is 0 Å². The average Bonchev–Trinajstić information content (AvgIpc) is 3.36. The van der Waals surface area contributed by atoms with Crippen molar-refractivity contribution < 1.29 is 33.0 Å². The van der Waals surface area contributed by atoms with E-state index in [0.717, 1.165) is 0 Å². The van der Waals surface area contributed by atoms with Crippen LogP contribution in [0.2, 0.25) is 5.02 Å². The van der Waals surface area contributed by atoms with Crippen LogP contribution in [0, 0.1) is 12.7 Å². The van der Waals surface area contributed by atoms with Crippen LogP contribution in [0.25, 0.3) is 5.76 Å². The summed E-state index contributed by atoms with van der Waals surface area (Å²) in [6.45, 7) is 1.72. The highest BCUT2D eigenvalue weighted by atomic mass is 35.5. The fourth-order valence-electron chi connectivity index (χ4n) is 3.92. The molecule has 1 aliphatic heterocycles. The van der Waals surface area contributed by atoms with Gasteiger partial charge in [0.05, 0.1) is 30.4 Å². The molecule has 1 atom stereocenters. The van der Waals surface area contributed by atoms with Gasteiger partial charge in [0.2, 0.25) is 0 Å². The van der Waals surface area contributed by atoms with Crippen LogP contribution >= 0.6 is 11.6 Å². The Morgan fingerprint density at radius 1 is 1.09 bits per heavy atom. The number of nitrogens with zero attached hydrogens (tertiary/aromatic N) is 1. The van der Waals surface area contributed by atoms with Crippen LogP contribution in [-0.4, -0.2) is 35.9 Å². The molecule has 1 fully saturated rings. The highest BCUT2D eigenvalue weighted by Crippen LogP contribution is 2.43. The number of carbonyl (C=O) groups is 2. The summed E-state index contributed by atoms with van der Waals surface area (Å²) in [5.41, 5.74) is 0.545. The van der Waals surface area contributed by atoms with Crippen molar-refractivity contribution in [2.45, 2.75) is 19.5 Å². The number of hydrogen-bond acceptors (Lipinski definition) is 6. The largest absolute Gasteiger partial charge is 0.507 e. The van der Waals surface area contributed by atoms with Gasteiger partial charge in [-0.25, -0.2) is 4.39 Å². The molecular formula is C25H21ClFNO6. The number of halogens is 2. The molecule has 2 aromatic carbocycles. The van der Waals surface area contributed by atoms with Crippen LogP contribution in [0.4, 0.5) is 4.39 Å². The van der Waals surface area contributed by atoms with E-state index >= 15 is 0 Å². The minimum atomic E-state index is -1.02. The molecule has 1 aromatic heterocycles. The van der Waals surface area contributed by atoms with Crippen LogP contribution in [0.1, 0.15) is 28.7 Å². The number of Topliss-reactive ketones (excluding diaryl/α,β-unsaturated/α-hetero) is 1. The second kappa shape index (κ2) is 9.23. The maximum atomic E-state index is 13.4. The standard InChI is InChI=1S/C25H21ClFNO6/c1-13-4-9-18(34-13)22-21(23(29)16-10-20(33-3)17(26)11-19(16)32-2)24(30)25(31)28(22)12-14-5-7-15(27)8-6-14/h4-11,22,29H,12H2,1-3H3/b23-21+. The monoisotopic (exact) mass is 485 g/mol. The number of hydrogen-bond donors (Lipinski definition) is 1. The number of carbonyl (C=O) groups excluding carboxylic acids is 2. The lowest BCUT2D eigenvalue weighted by Crippen LogP contribution is -2.29. The van der Waals surface area contributed by atoms with Crippen LogP contribution in [0.3, 0.4) is 0 Å². The van der Waals surface area contributed by atoms with Gasteiger partial charge in [-0.1, -0.05) is 23.7 Å². The van der Waals surface area contributed by atoms with Gasteiger partial charge in [-0.3, -0.25) is 9.59 Å². The zero-order valence-electron chi connectivity index (χ0n) is 18.6. The van der Waals surface area contributed by atoms with E-state index < -0.39 is 29.3 Å². The normalized spacial score (nSPS) is 17.3. The van der Waals surface area contributed by atoms with E-state index in [9.17, 15) is 19.1 Å². The Morgan fingerprint density at radius 2 is 1.76 bits per heavy atom. The van der Waals surface area contributed by atoms with Crippen molar-refractivity contribution in [2.24, 2.45) is 0 Å². The molecule has 4 rings (SSSR count). The Labute approximate surface area is 200 Å². The van der Waals surface area contributed by atoms with Crippen molar-refractivity contribution in [2.75, 3.05) is 14.2 Å². The maximum absolute atomic E-state index is 13.4. The van der Waals surface area contributed by atoms with Gasteiger partial charge in [0.25, 0.3) is 11.7 Å². The average molecular weight is 486 g/mol. The number of amides is 1. The van der Waals surface area contributed by atoms with E-state index in [1.165, 1.54) is 55.5 Å². The van der Waals surface area contributed by atoms with E-state index in [0.29, 0.717) is 17.1 Å². The van der Waals surface area contributed by atoms with Crippen molar-refractivity contribution in [3.05, 3.63) is 87.6 Å². The second-order valence-electron chi connectivity index (χ2n) is 7.69. The third-order valence-corrected chi connectivity index (χ3v) is 5.86. The number of benzene rings is 2. The predicted molar refractivity (Wildman–Crippen MR) is 122 cm³/mol. The molecule has 2 heterocycles. The molecule has 0 bridgehead atoms.